The van der Waals surface area contributed by atoms with Crippen molar-refractivity contribution in [3.8, 4) is 0 Å². The zero-order valence-corrected chi connectivity index (χ0v) is 9.70. The first-order chi connectivity index (χ1) is 6.35. The molecule has 0 aromatic rings. The summed E-state index contributed by atoms with van der Waals surface area (Å²) in [7, 11) is 0. The lowest BCUT2D eigenvalue weighted by Crippen LogP contribution is -2.42. The third kappa shape index (κ3) is 2.16. The standard InChI is InChI=1S/C10H20N2O2/c1-6-7-8(2)9(3,4)10(5,11-13)12-14/h8H,6-7H2,1-5H3. The molecule has 0 rings (SSSR count). The first kappa shape index (κ1) is 13.2. The van der Waals surface area contributed by atoms with E-state index in [-0.39, 0.29) is 5.92 Å². The van der Waals surface area contributed by atoms with Crippen LogP contribution in [0.1, 0.15) is 47.5 Å². The molecule has 0 saturated heterocycles. The van der Waals surface area contributed by atoms with E-state index in [4.69, 9.17) is 0 Å². The quantitative estimate of drug-likeness (QED) is 0.614. The maximum absolute atomic E-state index is 10.7. The number of hydrogen-bond donors (Lipinski definition) is 0. The van der Waals surface area contributed by atoms with Crippen molar-refractivity contribution in [3.63, 3.8) is 0 Å². The molecule has 1 unspecified atom stereocenters. The summed E-state index contributed by atoms with van der Waals surface area (Å²) in [4.78, 5) is 21.3. The minimum atomic E-state index is -1.36. The number of nitroso groups, excluding NO2 is 2. The Morgan fingerprint density at radius 2 is 1.57 bits per heavy atom. The molecule has 0 saturated carbocycles. The zero-order valence-electron chi connectivity index (χ0n) is 9.70. The van der Waals surface area contributed by atoms with Gasteiger partial charge in [-0.05, 0) is 23.2 Å². The van der Waals surface area contributed by atoms with Crippen LogP contribution in [-0.4, -0.2) is 5.66 Å². The Balaban J connectivity index is 4.89. The summed E-state index contributed by atoms with van der Waals surface area (Å²) in [6.07, 6.45) is 1.99. The molecular formula is C10H20N2O2. The molecule has 4 nitrogen and oxygen atoms in total. The fraction of sp³-hybridized carbons (Fsp3) is 1.00. The van der Waals surface area contributed by atoms with E-state index in [1.54, 1.807) is 0 Å². The molecule has 0 fully saturated rings. The van der Waals surface area contributed by atoms with Gasteiger partial charge < -0.3 is 0 Å². The average Bonchev–Trinajstić information content (AvgIpc) is 2.16. The van der Waals surface area contributed by atoms with Crippen LogP contribution in [0.3, 0.4) is 0 Å². The Bertz CT molecular complexity index is 206. The Morgan fingerprint density at radius 3 is 1.86 bits per heavy atom. The first-order valence-corrected chi connectivity index (χ1v) is 5.04. The summed E-state index contributed by atoms with van der Waals surface area (Å²) in [5.41, 5.74) is -1.85. The van der Waals surface area contributed by atoms with Gasteiger partial charge in [0.15, 0.2) is 0 Å². The molecule has 14 heavy (non-hydrogen) atoms. The molecule has 0 bridgehead atoms. The molecule has 0 radical (unpaired) electrons. The van der Waals surface area contributed by atoms with Gasteiger partial charge in [0.2, 0.25) is 5.66 Å². The molecular weight excluding hydrogens is 180 g/mol. The third-order valence-corrected chi connectivity index (χ3v) is 3.53. The Hall–Kier alpha value is -0.800. The zero-order chi connectivity index (χ0) is 11.4. The summed E-state index contributed by atoms with van der Waals surface area (Å²) in [5.74, 6) is 0.243. The van der Waals surface area contributed by atoms with Crippen molar-refractivity contribution in [1.82, 2.24) is 0 Å². The second-order valence-electron chi connectivity index (χ2n) is 4.61. The fourth-order valence-corrected chi connectivity index (χ4v) is 1.51. The van der Waals surface area contributed by atoms with Crippen molar-refractivity contribution in [2.45, 2.75) is 53.1 Å². The van der Waals surface area contributed by atoms with Gasteiger partial charge in [0.25, 0.3) is 0 Å². The topological polar surface area (TPSA) is 58.9 Å². The summed E-state index contributed by atoms with van der Waals surface area (Å²) < 4.78 is 0. The highest BCUT2D eigenvalue weighted by atomic mass is 16.3. The van der Waals surface area contributed by atoms with E-state index in [0.717, 1.165) is 12.8 Å². The summed E-state index contributed by atoms with van der Waals surface area (Å²) in [6, 6.07) is 0. The molecule has 82 valence electrons. The van der Waals surface area contributed by atoms with Gasteiger partial charge in [0.05, 0.1) is 0 Å². The van der Waals surface area contributed by atoms with Crippen molar-refractivity contribution in [2.75, 3.05) is 0 Å². The first-order valence-electron chi connectivity index (χ1n) is 5.04. The normalized spacial score (nSPS) is 14.9. The molecule has 0 heterocycles. The average molecular weight is 200 g/mol. The van der Waals surface area contributed by atoms with Crippen LogP contribution in [0.5, 0.6) is 0 Å². The van der Waals surface area contributed by atoms with Crippen LogP contribution in [0.15, 0.2) is 10.4 Å². The second kappa shape index (κ2) is 4.62. The van der Waals surface area contributed by atoms with Crippen molar-refractivity contribution >= 4 is 0 Å². The molecule has 0 aromatic heterocycles. The van der Waals surface area contributed by atoms with Crippen LogP contribution in [0.4, 0.5) is 0 Å². The second-order valence-corrected chi connectivity index (χ2v) is 4.61. The van der Waals surface area contributed by atoms with Crippen LogP contribution in [0, 0.1) is 21.1 Å². The number of rotatable bonds is 6. The van der Waals surface area contributed by atoms with Crippen LogP contribution in [0.2, 0.25) is 0 Å². The highest BCUT2D eigenvalue weighted by Crippen LogP contribution is 2.43. The third-order valence-electron chi connectivity index (χ3n) is 3.53. The molecule has 0 amide bonds. The smallest absolute Gasteiger partial charge is 0.148 e. The molecule has 0 aliphatic rings. The van der Waals surface area contributed by atoms with Gasteiger partial charge in [0, 0.05) is 5.41 Å². The fourth-order valence-electron chi connectivity index (χ4n) is 1.51. The molecule has 0 spiro atoms. The number of hydrogen-bond acceptors (Lipinski definition) is 4. The molecule has 0 aromatic carbocycles. The molecule has 1 atom stereocenters. The monoisotopic (exact) mass is 200 g/mol. The lowest BCUT2D eigenvalue weighted by atomic mass is 9.69. The van der Waals surface area contributed by atoms with E-state index >= 15 is 0 Å². The van der Waals surface area contributed by atoms with Crippen molar-refractivity contribution < 1.29 is 0 Å². The molecule has 0 aliphatic carbocycles. The highest BCUT2D eigenvalue weighted by molar-refractivity contribution is 4.96. The number of nitrogens with zero attached hydrogens (tertiary/aromatic N) is 2. The van der Waals surface area contributed by atoms with Gasteiger partial charge in [-0.15, -0.1) is 9.81 Å². The van der Waals surface area contributed by atoms with Crippen molar-refractivity contribution in [1.29, 1.82) is 0 Å². The SMILES string of the molecule is CCCC(C)C(C)(C)C(C)(N=O)N=O. The van der Waals surface area contributed by atoms with Crippen LogP contribution in [-0.2, 0) is 0 Å². The maximum Gasteiger partial charge on any atom is 0.234 e. The predicted octanol–water partition coefficient (Wildman–Crippen LogP) is 3.70. The van der Waals surface area contributed by atoms with E-state index in [0.29, 0.717) is 0 Å². The summed E-state index contributed by atoms with van der Waals surface area (Å²) in [5, 5.41) is 5.77. The van der Waals surface area contributed by atoms with E-state index in [1.165, 1.54) is 6.92 Å². The van der Waals surface area contributed by atoms with E-state index in [1.807, 2.05) is 20.8 Å². The van der Waals surface area contributed by atoms with E-state index in [9.17, 15) is 9.81 Å². The van der Waals surface area contributed by atoms with E-state index < -0.39 is 11.1 Å². The summed E-state index contributed by atoms with van der Waals surface area (Å²) >= 11 is 0. The molecule has 0 N–H and O–H groups in total. The van der Waals surface area contributed by atoms with Gasteiger partial charge in [-0.1, -0.05) is 40.5 Å². The summed E-state index contributed by atoms with van der Waals surface area (Å²) in [6.45, 7) is 9.34. The van der Waals surface area contributed by atoms with Gasteiger partial charge in [0.1, 0.15) is 0 Å². The van der Waals surface area contributed by atoms with Crippen LogP contribution >= 0.6 is 0 Å². The van der Waals surface area contributed by atoms with Gasteiger partial charge in [-0.3, -0.25) is 0 Å². The Labute approximate surface area is 85.4 Å². The van der Waals surface area contributed by atoms with Crippen molar-refractivity contribution in [2.24, 2.45) is 21.7 Å². The molecule has 4 heteroatoms. The van der Waals surface area contributed by atoms with Gasteiger partial charge in [-0.25, -0.2) is 0 Å². The lowest BCUT2D eigenvalue weighted by molar-refractivity contribution is 0.104. The van der Waals surface area contributed by atoms with E-state index in [2.05, 4.69) is 17.3 Å². The van der Waals surface area contributed by atoms with Crippen molar-refractivity contribution in [3.05, 3.63) is 9.81 Å². The van der Waals surface area contributed by atoms with Crippen LogP contribution < -0.4 is 0 Å². The Kier molecular flexibility index (Phi) is 4.36. The predicted molar refractivity (Wildman–Crippen MR) is 57.8 cm³/mol. The minimum Gasteiger partial charge on any atom is -0.148 e. The largest absolute Gasteiger partial charge is 0.234 e. The molecule has 0 aliphatic heterocycles. The van der Waals surface area contributed by atoms with Crippen LogP contribution in [0.25, 0.3) is 0 Å². The Morgan fingerprint density at radius 1 is 1.14 bits per heavy atom. The van der Waals surface area contributed by atoms with Gasteiger partial charge in [-0.2, -0.15) is 0 Å². The highest BCUT2D eigenvalue weighted by Gasteiger charge is 2.47. The lowest BCUT2D eigenvalue weighted by Gasteiger charge is -2.38. The minimum absolute atomic E-state index is 0.243. The van der Waals surface area contributed by atoms with Gasteiger partial charge >= 0.3 is 0 Å². The maximum atomic E-state index is 10.7.